The fourth-order valence-corrected chi connectivity index (χ4v) is 4.37. The third-order valence-corrected chi connectivity index (χ3v) is 6.08. The lowest BCUT2D eigenvalue weighted by molar-refractivity contribution is 0.396. The Labute approximate surface area is 193 Å². The van der Waals surface area contributed by atoms with Gasteiger partial charge >= 0.3 is 0 Å². The van der Waals surface area contributed by atoms with Crippen molar-refractivity contribution in [2.45, 2.75) is 39.7 Å². The lowest BCUT2D eigenvalue weighted by Gasteiger charge is -2.37. The number of rotatable bonds is 6. The van der Waals surface area contributed by atoms with Crippen LogP contribution in [0.5, 0.6) is 0 Å². The summed E-state index contributed by atoms with van der Waals surface area (Å²) in [4.78, 5) is 6.84. The first-order valence-corrected chi connectivity index (χ1v) is 11.3. The summed E-state index contributed by atoms with van der Waals surface area (Å²) in [7, 11) is 0. The average molecular weight is 453 g/mol. The van der Waals surface area contributed by atoms with Crippen LogP contribution in [0.15, 0.2) is 58.8 Å². The van der Waals surface area contributed by atoms with Crippen LogP contribution in [0, 0.1) is 0 Å². The fourth-order valence-electron chi connectivity index (χ4n) is 3.83. The van der Waals surface area contributed by atoms with Crippen molar-refractivity contribution in [3.8, 4) is 11.4 Å². The van der Waals surface area contributed by atoms with Gasteiger partial charge in [0.05, 0.1) is 11.6 Å². The van der Waals surface area contributed by atoms with E-state index < -0.39 is 0 Å². The molecule has 1 unspecified atom stereocenters. The molecular formula is C24H25ClN4OS. The summed E-state index contributed by atoms with van der Waals surface area (Å²) >= 11 is 11.9. The number of aromatic nitrogens is 2. The van der Waals surface area contributed by atoms with Crippen molar-refractivity contribution in [3.05, 3.63) is 76.3 Å². The first kappa shape index (κ1) is 21.5. The Hall–Kier alpha value is -2.70. The number of hydrogen-bond acceptors (Lipinski definition) is 4. The number of nitrogens with one attached hydrogen (secondary N) is 1. The van der Waals surface area contributed by atoms with Gasteiger partial charge in [0, 0.05) is 22.8 Å². The highest BCUT2D eigenvalue weighted by molar-refractivity contribution is 7.80. The van der Waals surface area contributed by atoms with Crippen molar-refractivity contribution in [1.82, 2.24) is 20.4 Å². The Morgan fingerprint density at radius 2 is 1.94 bits per heavy atom. The van der Waals surface area contributed by atoms with Gasteiger partial charge in [0.1, 0.15) is 0 Å². The van der Waals surface area contributed by atoms with Crippen LogP contribution >= 0.6 is 23.8 Å². The van der Waals surface area contributed by atoms with Gasteiger partial charge in [-0.3, -0.25) is 0 Å². The van der Waals surface area contributed by atoms with E-state index in [1.54, 1.807) is 0 Å². The van der Waals surface area contributed by atoms with Crippen molar-refractivity contribution in [1.29, 1.82) is 0 Å². The minimum atomic E-state index is -0.227. The van der Waals surface area contributed by atoms with Gasteiger partial charge in [0.15, 0.2) is 5.11 Å². The molecule has 1 aliphatic heterocycles. The molecule has 1 aromatic heterocycles. The Kier molecular flexibility index (Phi) is 6.39. The van der Waals surface area contributed by atoms with Gasteiger partial charge in [0.25, 0.3) is 5.89 Å². The van der Waals surface area contributed by atoms with Gasteiger partial charge in [-0.25, -0.2) is 0 Å². The van der Waals surface area contributed by atoms with Crippen molar-refractivity contribution in [2.24, 2.45) is 0 Å². The molecule has 0 radical (unpaired) electrons. The molecule has 0 aliphatic carbocycles. The van der Waals surface area contributed by atoms with Gasteiger partial charge in [-0.1, -0.05) is 67.0 Å². The molecule has 1 aliphatic rings. The average Bonchev–Trinajstić information content (AvgIpc) is 3.26. The summed E-state index contributed by atoms with van der Waals surface area (Å²) in [6, 6.07) is 15.8. The third kappa shape index (κ3) is 4.36. The Bertz CT molecular complexity index is 1120. The molecule has 0 spiro atoms. The molecule has 1 N–H and O–H groups in total. The highest BCUT2D eigenvalue weighted by Gasteiger charge is 2.33. The van der Waals surface area contributed by atoms with Gasteiger partial charge in [0.2, 0.25) is 5.82 Å². The van der Waals surface area contributed by atoms with E-state index in [9.17, 15) is 0 Å². The van der Waals surface area contributed by atoms with Gasteiger partial charge < -0.3 is 14.7 Å². The largest absolute Gasteiger partial charge is 0.351 e. The number of benzene rings is 2. The summed E-state index contributed by atoms with van der Waals surface area (Å²) in [6.07, 6.45) is 1.96. The summed E-state index contributed by atoms with van der Waals surface area (Å²) in [5.74, 6) is 1.05. The van der Waals surface area contributed by atoms with Crippen LogP contribution in [0.25, 0.3) is 17.0 Å². The van der Waals surface area contributed by atoms with Gasteiger partial charge in [-0.05, 0) is 55.2 Å². The van der Waals surface area contributed by atoms with Crippen molar-refractivity contribution >= 4 is 34.5 Å². The van der Waals surface area contributed by atoms with E-state index in [-0.39, 0.29) is 6.04 Å². The monoisotopic (exact) mass is 452 g/mol. The quantitative estimate of drug-likeness (QED) is 0.461. The zero-order valence-electron chi connectivity index (χ0n) is 17.9. The van der Waals surface area contributed by atoms with E-state index >= 15 is 0 Å². The van der Waals surface area contributed by atoms with E-state index in [1.165, 1.54) is 5.56 Å². The topological polar surface area (TPSA) is 54.2 Å². The van der Waals surface area contributed by atoms with Crippen LogP contribution in [-0.2, 0) is 6.42 Å². The number of halogens is 1. The van der Waals surface area contributed by atoms with Crippen LogP contribution in [-0.4, -0.2) is 26.7 Å². The van der Waals surface area contributed by atoms with Crippen molar-refractivity contribution < 1.29 is 4.52 Å². The van der Waals surface area contributed by atoms with E-state index in [2.05, 4.69) is 48.3 Å². The third-order valence-electron chi connectivity index (χ3n) is 5.50. The molecule has 2 heterocycles. The molecular weight excluding hydrogens is 428 g/mol. The first-order valence-electron chi connectivity index (χ1n) is 10.5. The second kappa shape index (κ2) is 9.20. The molecule has 0 amide bonds. The summed E-state index contributed by atoms with van der Waals surface area (Å²) in [5.41, 5.74) is 5.11. The summed E-state index contributed by atoms with van der Waals surface area (Å²) < 4.78 is 5.77. The lowest BCUT2D eigenvalue weighted by atomic mass is 9.95. The minimum Gasteiger partial charge on any atom is -0.351 e. The fraction of sp³-hybridized carbons (Fsp3) is 0.292. The Morgan fingerprint density at radius 1 is 1.16 bits per heavy atom. The smallest absolute Gasteiger partial charge is 0.258 e. The SMILES string of the molecule is CCCN1C(=S)NC(c2cccc(Cl)c2)C(c2nc(-c3ccc(CC)cc3)no2)=C1C. The van der Waals surface area contributed by atoms with E-state index in [0.29, 0.717) is 21.9 Å². The normalized spacial score (nSPS) is 16.6. The molecule has 5 nitrogen and oxygen atoms in total. The summed E-state index contributed by atoms with van der Waals surface area (Å²) in [5, 5.41) is 9.06. The number of thiocarbonyl (C=S) groups is 1. The molecule has 2 aromatic carbocycles. The molecule has 7 heteroatoms. The molecule has 0 bridgehead atoms. The molecule has 160 valence electrons. The highest BCUT2D eigenvalue weighted by atomic mass is 35.5. The Balaban J connectivity index is 1.79. The molecule has 0 saturated carbocycles. The van der Waals surface area contributed by atoms with Crippen LogP contribution in [0.4, 0.5) is 0 Å². The maximum Gasteiger partial charge on any atom is 0.258 e. The molecule has 0 fully saturated rings. The zero-order valence-corrected chi connectivity index (χ0v) is 19.4. The molecule has 0 saturated heterocycles. The number of hydrogen-bond donors (Lipinski definition) is 1. The van der Waals surface area contributed by atoms with E-state index in [1.807, 2.05) is 36.4 Å². The maximum absolute atomic E-state index is 6.28. The molecule has 3 aromatic rings. The van der Waals surface area contributed by atoms with Crippen LogP contribution in [0.3, 0.4) is 0 Å². The maximum atomic E-state index is 6.28. The van der Waals surface area contributed by atoms with Crippen LogP contribution in [0.1, 0.15) is 50.3 Å². The molecule has 4 rings (SSSR count). The van der Waals surface area contributed by atoms with Gasteiger partial charge in [-0.15, -0.1) is 0 Å². The number of nitrogens with zero attached hydrogens (tertiary/aromatic N) is 3. The number of allylic oxidation sites excluding steroid dienone is 1. The first-order chi connectivity index (χ1) is 15.0. The van der Waals surface area contributed by atoms with Crippen molar-refractivity contribution in [2.75, 3.05) is 6.54 Å². The van der Waals surface area contributed by atoms with E-state index in [4.69, 9.17) is 33.3 Å². The van der Waals surface area contributed by atoms with Crippen LogP contribution in [0.2, 0.25) is 5.02 Å². The Morgan fingerprint density at radius 3 is 2.61 bits per heavy atom. The van der Waals surface area contributed by atoms with Gasteiger partial charge in [-0.2, -0.15) is 4.98 Å². The zero-order chi connectivity index (χ0) is 22.0. The predicted molar refractivity (Wildman–Crippen MR) is 129 cm³/mol. The lowest BCUT2D eigenvalue weighted by Crippen LogP contribution is -2.46. The molecule has 31 heavy (non-hydrogen) atoms. The minimum absolute atomic E-state index is 0.227. The standard InChI is InChI=1S/C24H25ClN4OS/c1-4-13-29-15(3)20(21(26-24(29)31)18-7-6-8-19(25)14-18)23-27-22(28-30-23)17-11-9-16(5-2)10-12-17/h6-12,14,21H,4-5,13H2,1-3H3,(H,26,31). The second-order valence-electron chi connectivity index (χ2n) is 7.56. The van der Waals surface area contributed by atoms with E-state index in [0.717, 1.165) is 41.8 Å². The van der Waals surface area contributed by atoms with Crippen LogP contribution < -0.4 is 5.32 Å². The summed E-state index contributed by atoms with van der Waals surface area (Å²) in [6.45, 7) is 7.12. The number of aryl methyl sites for hydroxylation is 1. The highest BCUT2D eigenvalue weighted by Crippen LogP contribution is 2.38. The molecule has 1 atom stereocenters. The second-order valence-corrected chi connectivity index (χ2v) is 8.38. The predicted octanol–water partition coefficient (Wildman–Crippen LogP) is 6.02. The van der Waals surface area contributed by atoms with Crippen molar-refractivity contribution in [3.63, 3.8) is 0 Å².